The van der Waals surface area contributed by atoms with E-state index in [9.17, 15) is 0 Å². The Kier molecular flexibility index (Phi) is 8.41. The third-order valence-corrected chi connectivity index (χ3v) is 5.27. The van der Waals surface area contributed by atoms with E-state index in [0.29, 0.717) is 18.2 Å². The molecule has 0 radical (unpaired) electrons. The molecule has 29 heavy (non-hydrogen) atoms. The van der Waals surface area contributed by atoms with Gasteiger partial charge in [-0.15, -0.1) is 0 Å². The first-order chi connectivity index (χ1) is 14.2. The number of halogens is 2. The summed E-state index contributed by atoms with van der Waals surface area (Å²) >= 11 is 9.60. The number of rotatable bonds is 10. The highest BCUT2D eigenvalue weighted by atomic mass is 79.9. The Morgan fingerprint density at radius 1 is 0.897 bits per heavy atom. The molecule has 5 heteroatoms. The summed E-state index contributed by atoms with van der Waals surface area (Å²) < 4.78 is 12.8. The van der Waals surface area contributed by atoms with Gasteiger partial charge in [-0.05, 0) is 76.8 Å². The predicted molar refractivity (Wildman–Crippen MR) is 123 cm³/mol. The van der Waals surface area contributed by atoms with E-state index in [0.717, 1.165) is 46.6 Å². The molecule has 3 nitrogen and oxygen atoms in total. The van der Waals surface area contributed by atoms with Crippen molar-refractivity contribution in [1.29, 1.82) is 0 Å². The number of hydrogen-bond donors (Lipinski definition) is 1. The van der Waals surface area contributed by atoms with Gasteiger partial charge in [0.05, 0.1) is 11.1 Å². The molecule has 3 rings (SSSR count). The largest absolute Gasteiger partial charge is 0.490 e. The van der Waals surface area contributed by atoms with E-state index >= 15 is 0 Å². The molecule has 0 fully saturated rings. The van der Waals surface area contributed by atoms with Crippen LogP contribution in [0.15, 0.2) is 71.2 Å². The summed E-state index contributed by atoms with van der Waals surface area (Å²) in [6.45, 7) is 4.68. The number of ether oxygens (including phenoxy) is 2. The van der Waals surface area contributed by atoms with Gasteiger partial charge in [-0.25, -0.2) is 0 Å². The van der Waals surface area contributed by atoms with Gasteiger partial charge in [0.2, 0.25) is 0 Å². The van der Waals surface area contributed by atoms with Crippen LogP contribution in [0.1, 0.15) is 23.6 Å². The van der Waals surface area contributed by atoms with Crippen molar-refractivity contribution in [2.75, 3.05) is 13.2 Å². The Bertz CT molecular complexity index is 901. The minimum atomic E-state index is 0.449. The maximum absolute atomic E-state index is 6.05. The zero-order valence-electron chi connectivity index (χ0n) is 16.5. The lowest BCUT2D eigenvalue weighted by molar-refractivity contribution is 0.267. The van der Waals surface area contributed by atoms with Crippen LogP contribution in [0.3, 0.4) is 0 Å². The maximum Gasteiger partial charge on any atom is 0.175 e. The summed E-state index contributed by atoms with van der Waals surface area (Å²) in [7, 11) is 0. The summed E-state index contributed by atoms with van der Waals surface area (Å²) in [6, 6.07) is 22.3. The molecule has 0 saturated carbocycles. The first-order valence-corrected chi connectivity index (χ1v) is 10.9. The van der Waals surface area contributed by atoms with E-state index in [2.05, 4.69) is 51.6 Å². The topological polar surface area (TPSA) is 30.5 Å². The Morgan fingerprint density at radius 2 is 1.66 bits per heavy atom. The van der Waals surface area contributed by atoms with Crippen LogP contribution >= 0.6 is 27.5 Å². The Hall–Kier alpha value is -2.01. The normalized spacial score (nSPS) is 10.7. The molecular weight excluding hydrogens is 450 g/mol. The van der Waals surface area contributed by atoms with Gasteiger partial charge in [0.15, 0.2) is 11.5 Å². The lowest BCUT2D eigenvalue weighted by Gasteiger charge is -2.16. The van der Waals surface area contributed by atoms with Gasteiger partial charge >= 0.3 is 0 Å². The lowest BCUT2D eigenvalue weighted by atomic mass is 10.1. The van der Waals surface area contributed by atoms with Crippen LogP contribution < -0.4 is 14.8 Å². The number of hydrogen-bond acceptors (Lipinski definition) is 3. The molecule has 152 valence electrons. The molecule has 0 aliphatic carbocycles. The average Bonchev–Trinajstić information content (AvgIpc) is 2.73. The van der Waals surface area contributed by atoms with Crippen molar-refractivity contribution in [1.82, 2.24) is 5.32 Å². The third kappa shape index (κ3) is 6.77. The molecule has 3 aromatic rings. The SMILES string of the molecule is CCOc1cc(CNCCc2ccccc2)cc(Br)c1OCc1ccc(Cl)cc1. The second-order valence-corrected chi connectivity index (χ2v) is 7.96. The van der Waals surface area contributed by atoms with E-state index in [1.807, 2.05) is 43.3 Å². The Labute approximate surface area is 186 Å². The van der Waals surface area contributed by atoms with Crippen LogP contribution in [0.4, 0.5) is 0 Å². The van der Waals surface area contributed by atoms with Gasteiger partial charge in [0.1, 0.15) is 6.61 Å². The van der Waals surface area contributed by atoms with Crippen molar-refractivity contribution in [3.8, 4) is 11.5 Å². The van der Waals surface area contributed by atoms with Crippen molar-refractivity contribution in [3.05, 3.63) is 92.9 Å². The van der Waals surface area contributed by atoms with Gasteiger partial charge in [-0.2, -0.15) is 0 Å². The van der Waals surface area contributed by atoms with Crippen molar-refractivity contribution >= 4 is 27.5 Å². The number of nitrogens with one attached hydrogen (secondary N) is 1. The zero-order chi connectivity index (χ0) is 20.5. The van der Waals surface area contributed by atoms with Crippen LogP contribution in [0.2, 0.25) is 5.02 Å². The van der Waals surface area contributed by atoms with Crippen LogP contribution in [-0.4, -0.2) is 13.2 Å². The van der Waals surface area contributed by atoms with Crippen LogP contribution in [-0.2, 0) is 19.6 Å². The fourth-order valence-electron chi connectivity index (χ4n) is 2.97. The molecule has 0 amide bonds. The fraction of sp³-hybridized carbons (Fsp3) is 0.250. The Balaban J connectivity index is 1.61. The van der Waals surface area contributed by atoms with Crippen molar-refractivity contribution in [2.24, 2.45) is 0 Å². The zero-order valence-corrected chi connectivity index (χ0v) is 18.8. The predicted octanol–water partition coefficient (Wildman–Crippen LogP) is 6.41. The summed E-state index contributed by atoms with van der Waals surface area (Å²) in [5.41, 5.74) is 3.53. The molecule has 0 aliphatic heterocycles. The van der Waals surface area contributed by atoms with Crippen molar-refractivity contribution in [3.63, 3.8) is 0 Å². The second kappa shape index (κ2) is 11.2. The molecular formula is C24H25BrClNO2. The van der Waals surface area contributed by atoms with Gasteiger partial charge in [0, 0.05) is 11.6 Å². The fourth-order valence-corrected chi connectivity index (χ4v) is 3.70. The molecule has 0 spiro atoms. The smallest absolute Gasteiger partial charge is 0.175 e. The molecule has 0 unspecified atom stereocenters. The van der Waals surface area contributed by atoms with Crippen LogP contribution in [0.25, 0.3) is 0 Å². The summed E-state index contributed by atoms with van der Waals surface area (Å²) in [5.74, 6) is 1.46. The van der Waals surface area contributed by atoms with E-state index in [4.69, 9.17) is 21.1 Å². The van der Waals surface area contributed by atoms with Gasteiger partial charge in [-0.1, -0.05) is 54.1 Å². The highest BCUT2D eigenvalue weighted by Crippen LogP contribution is 2.37. The highest BCUT2D eigenvalue weighted by Gasteiger charge is 2.13. The number of benzene rings is 3. The lowest BCUT2D eigenvalue weighted by Crippen LogP contribution is -2.16. The monoisotopic (exact) mass is 473 g/mol. The molecule has 0 bridgehead atoms. The van der Waals surface area contributed by atoms with Gasteiger partial charge in [0.25, 0.3) is 0 Å². The minimum absolute atomic E-state index is 0.449. The maximum atomic E-state index is 6.05. The summed E-state index contributed by atoms with van der Waals surface area (Å²) in [4.78, 5) is 0. The van der Waals surface area contributed by atoms with Crippen molar-refractivity contribution in [2.45, 2.75) is 26.5 Å². The molecule has 0 atom stereocenters. The molecule has 0 aromatic heterocycles. The van der Waals surface area contributed by atoms with E-state index < -0.39 is 0 Å². The first-order valence-electron chi connectivity index (χ1n) is 9.73. The Morgan fingerprint density at radius 3 is 2.38 bits per heavy atom. The third-order valence-electron chi connectivity index (χ3n) is 4.43. The summed E-state index contributed by atoms with van der Waals surface area (Å²) in [5, 5.41) is 4.22. The molecule has 0 heterocycles. The van der Waals surface area contributed by atoms with Gasteiger partial charge in [-0.3, -0.25) is 0 Å². The standard InChI is InChI=1S/C24H25BrClNO2/c1-2-28-23-15-20(16-27-13-12-18-6-4-3-5-7-18)14-22(25)24(23)29-17-19-8-10-21(26)11-9-19/h3-11,14-15,27H,2,12-13,16-17H2,1H3. The van der Waals surface area contributed by atoms with Crippen LogP contribution in [0, 0.1) is 0 Å². The molecule has 0 aliphatic rings. The molecule has 1 N–H and O–H groups in total. The summed E-state index contributed by atoms with van der Waals surface area (Å²) in [6.07, 6.45) is 1.00. The van der Waals surface area contributed by atoms with E-state index in [1.54, 1.807) is 0 Å². The molecule has 3 aromatic carbocycles. The first kappa shape index (κ1) is 21.7. The van der Waals surface area contributed by atoms with Crippen molar-refractivity contribution < 1.29 is 9.47 Å². The minimum Gasteiger partial charge on any atom is -0.490 e. The van der Waals surface area contributed by atoms with E-state index in [-0.39, 0.29) is 0 Å². The van der Waals surface area contributed by atoms with E-state index in [1.165, 1.54) is 5.56 Å². The van der Waals surface area contributed by atoms with Gasteiger partial charge < -0.3 is 14.8 Å². The average molecular weight is 475 g/mol. The highest BCUT2D eigenvalue weighted by molar-refractivity contribution is 9.10. The van der Waals surface area contributed by atoms with Crippen LogP contribution in [0.5, 0.6) is 11.5 Å². The second-order valence-electron chi connectivity index (χ2n) is 6.67. The quantitative estimate of drug-likeness (QED) is 0.344. The molecule has 0 saturated heterocycles.